The largest absolute Gasteiger partial charge is 0.484 e. The van der Waals surface area contributed by atoms with Gasteiger partial charge in [-0.3, -0.25) is 9.59 Å². The lowest BCUT2D eigenvalue weighted by molar-refractivity contribution is -0.143. The van der Waals surface area contributed by atoms with E-state index in [2.05, 4.69) is 12.2 Å². The van der Waals surface area contributed by atoms with Crippen molar-refractivity contribution >= 4 is 23.4 Å². The highest BCUT2D eigenvalue weighted by molar-refractivity contribution is 6.30. The molecule has 1 fully saturated rings. The standard InChI is InChI=1S/C19H23ClN2O3/c20-16-6-8-17(9-7-16)25-14-18(23)21-10-12-22(13-11-21)19(24)15-4-2-1-3-5-15/h1-2,6-9,15H,3-5,10-14H2. The van der Waals surface area contributed by atoms with E-state index in [9.17, 15) is 9.59 Å². The van der Waals surface area contributed by atoms with Gasteiger partial charge in [-0.05, 0) is 43.5 Å². The Kier molecular flexibility index (Phi) is 5.97. The van der Waals surface area contributed by atoms with Gasteiger partial charge in [0.1, 0.15) is 5.75 Å². The second-order valence-electron chi connectivity index (χ2n) is 6.43. The van der Waals surface area contributed by atoms with Crippen molar-refractivity contribution in [1.29, 1.82) is 0 Å². The van der Waals surface area contributed by atoms with Crippen molar-refractivity contribution in [3.05, 3.63) is 41.4 Å². The van der Waals surface area contributed by atoms with Crippen LogP contribution in [0.2, 0.25) is 5.02 Å². The Morgan fingerprint density at radius 3 is 2.36 bits per heavy atom. The maximum Gasteiger partial charge on any atom is 0.260 e. The Bertz CT molecular complexity index is 637. The van der Waals surface area contributed by atoms with Gasteiger partial charge in [0.15, 0.2) is 6.61 Å². The number of halogens is 1. The molecule has 3 rings (SSSR count). The van der Waals surface area contributed by atoms with Gasteiger partial charge in [-0.1, -0.05) is 23.8 Å². The molecule has 1 aromatic rings. The molecule has 1 saturated heterocycles. The highest BCUT2D eigenvalue weighted by Crippen LogP contribution is 2.21. The molecule has 1 atom stereocenters. The van der Waals surface area contributed by atoms with Crippen LogP contribution in [0.3, 0.4) is 0 Å². The first-order valence-electron chi connectivity index (χ1n) is 8.73. The number of hydrogen-bond acceptors (Lipinski definition) is 3. The number of allylic oxidation sites excluding steroid dienone is 2. The second-order valence-corrected chi connectivity index (χ2v) is 6.87. The van der Waals surface area contributed by atoms with Crippen molar-refractivity contribution in [2.45, 2.75) is 19.3 Å². The number of carbonyl (C=O) groups excluding carboxylic acids is 2. The maximum atomic E-state index is 12.5. The van der Waals surface area contributed by atoms with Crippen molar-refractivity contribution in [1.82, 2.24) is 9.80 Å². The van der Waals surface area contributed by atoms with Gasteiger partial charge in [0, 0.05) is 37.1 Å². The number of nitrogens with zero attached hydrogens (tertiary/aromatic N) is 2. The van der Waals surface area contributed by atoms with E-state index in [-0.39, 0.29) is 24.3 Å². The number of rotatable bonds is 4. The van der Waals surface area contributed by atoms with Crippen molar-refractivity contribution in [3.63, 3.8) is 0 Å². The van der Waals surface area contributed by atoms with Crippen LogP contribution in [0.15, 0.2) is 36.4 Å². The number of piperazine rings is 1. The summed E-state index contributed by atoms with van der Waals surface area (Å²) in [6.45, 7) is 2.34. The van der Waals surface area contributed by atoms with Crippen LogP contribution < -0.4 is 4.74 Å². The summed E-state index contributed by atoms with van der Waals surface area (Å²) in [7, 11) is 0. The summed E-state index contributed by atoms with van der Waals surface area (Å²) in [4.78, 5) is 28.5. The highest BCUT2D eigenvalue weighted by Gasteiger charge is 2.28. The fourth-order valence-corrected chi connectivity index (χ4v) is 3.35. The Labute approximate surface area is 153 Å². The normalized spacial score (nSPS) is 20.4. The molecule has 0 aromatic heterocycles. The summed E-state index contributed by atoms with van der Waals surface area (Å²) in [6.07, 6.45) is 6.99. The summed E-state index contributed by atoms with van der Waals surface area (Å²) in [5.74, 6) is 0.911. The van der Waals surface area contributed by atoms with Crippen LogP contribution in [0.25, 0.3) is 0 Å². The van der Waals surface area contributed by atoms with E-state index in [1.165, 1.54) is 0 Å². The molecule has 2 aliphatic rings. The van der Waals surface area contributed by atoms with Crippen molar-refractivity contribution in [3.8, 4) is 5.75 Å². The number of benzene rings is 1. The first-order valence-corrected chi connectivity index (χ1v) is 9.11. The topological polar surface area (TPSA) is 49.9 Å². The van der Waals surface area contributed by atoms with Gasteiger partial charge in [-0.2, -0.15) is 0 Å². The quantitative estimate of drug-likeness (QED) is 0.774. The van der Waals surface area contributed by atoms with Crippen LogP contribution in [0.4, 0.5) is 0 Å². The van der Waals surface area contributed by atoms with Gasteiger partial charge in [0.2, 0.25) is 5.91 Å². The van der Waals surface area contributed by atoms with Gasteiger partial charge in [-0.25, -0.2) is 0 Å². The Hall–Kier alpha value is -2.01. The third-order valence-corrected chi connectivity index (χ3v) is 4.99. The molecule has 1 aliphatic heterocycles. The van der Waals surface area contributed by atoms with Gasteiger partial charge in [0.05, 0.1) is 0 Å². The molecular formula is C19H23ClN2O3. The van der Waals surface area contributed by atoms with Crippen LogP contribution in [-0.4, -0.2) is 54.4 Å². The third kappa shape index (κ3) is 4.75. The SMILES string of the molecule is O=C(COc1ccc(Cl)cc1)N1CCN(C(=O)C2CC=CCC2)CC1. The Morgan fingerprint density at radius 1 is 1.04 bits per heavy atom. The molecule has 0 saturated carbocycles. The molecule has 1 aliphatic carbocycles. The van der Waals surface area contributed by atoms with E-state index < -0.39 is 0 Å². The molecular weight excluding hydrogens is 340 g/mol. The van der Waals surface area contributed by atoms with Crippen LogP contribution in [-0.2, 0) is 9.59 Å². The molecule has 1 aromatic carbocycles. The summed E-state index contributed by atoms with van der Waals surface area (Å²) in [5, 5.41) is 0.632. The average Bonchev–Trinajstić information content (AvgIpc) is 2.67. The summed E-state index contributed by atoms with van der Waals surface area (Å²) in [5.41, 5.74) is 0. The third-order valence-electron chi connectivity index (χ3n) is 4.74. The van der Waals surface area contributed by atoms with E-state index in [1.54, 1.807) is 29.2 Å². The fraction of sp³-hybridized carbons (Fsp3) is 0.474. The summed E-state index contributed by atoms with van der Waals surface area (Å²) < 4.78 is 5.51. The fourth-order valence-electron chi connectivity index (χ4n) is 3.22. The average molecular weight is 363 g/mol. The zero-order chi connectivity index (χ0) is 17.6. The van der Waals surface area contributed by atoms with Crippen LogP contribution >= 0.6 is 11.6 Å². The zero-order valence-electron chi connectivity index (χ0n) is 14.2. The molecule has 25 heavy (non-hydrogen) atoms. The molecule has 1 unspecified atom stereocenters. The zero-order valence-corrected chi connectivity index (χ0v) is 15.0. The molecule has 0 radical (unpaired) electrons. The van der Waals surface area contributed by atoms with Gasteiger partial charge in [0.25, 0.3) is 5.91 Å². The van der Waals surface area contributed by atoms with Crippen molar-refractivity contribution in [2.75, 3.05) is 32.8 Å². The van der Waals surface area contributed by atoms with E-state index in [0.29, 0.717) is 37.0 Å². The highest BCUT2D eigenvalue weighted by atomic mass is 35.5. The first-order chi connectivity index (χ1) is 12.1. The minimum Gasteiger partial charge on any atom is -0.484 e. The predicted molar refractivity (Wildman–Crippen MR) is 96.6 cm³/mol. The molecule has 134 valence electrons. The second kappa shape index (κ2) is 8.39. The number of hydrogen-bond donors (Lipinski definition) is 0. The lowest BCUT2D eigenvalue weighted by Crippen LogP contribution is -2.52. The lowest BCUT2D eigenvalue weighted by Gasteiger charge is -2.36. The molecule has 5 nitrogen and oxygen atoms in total. The van der Waals surface area contributed by atoms with E-state index in [4.69, 9.17) is 16.3 Å². The molecule has 6 heteroatoms. The van der Waals surface area contributed by atoms with Crippen molar-refractivity contribution in [2.24, 2.45) is 5.92 Å². The number of carbonyl (C=O) groups is 2. The van der Waals surface area contributed by atoms with Crippen molar-refractivity contribution < 1.29 is 14.3 Å². The van der Waals surface area contributed by atoms with Gasteiger partial charge in [-0.15, -0.1) is 0 Å². The predicted octanol–water partition coefficient (Wildman–Crippen LogP) is 2.75. The number of amides is 2. The van der Waals surface area contributed by atoms with Gasteiger partial charge < -0.3 is 14.5 Å². The maximum absolute atomic E-state index is 12.5. The number of ether oxygens (including phenoxy) is 1. The Balaban J connectivity index is 1.43. The lowest BCUT2D eigenvalue weighted by atomic mass is 9.93. The van der Waals surface area contributed by atoms with Gasteiger partial charge >= 0.3 is 0 Å². The minimum absolute atomic E-state index is 0.00297. The minimum atomic E-state index is -0.0531. The van der Waals surface area contributed by atoms with Crippen LogP contribution in [0, 0.1) is 5.92 Å². The first kappa shape index (κ1) is 17.8. The molecule has 0 N–H and O–H groups in total. The molecule has 0 bridgehead atoms. The molecule has 2 amide bonds. The molecule has 0 spiro atoms. The van der Waals surface area contributed by atoms with E-state index >= 15 is 0 Å². The van der Waals surface area contributed by atoms with E-state index in [1.807, 2.05) is 4.90 Å². The smallest absolute Gasteiger partial charge is 0.260 e. The monoisotopic (exact) mass is 362 g/mol. The Morgan fingerprint density at radius 2 is 1.72 bits per heavy atom. The summed E-state index contributed by atoms with van der Waals surface area (Å²) in [6, 6.07) is 6.94. The van der Waals surface area contributed by atoms with Crippen LogP contribution in [0.5, 0.6) is 5.75 Å². The van der Waals surface area contributed by atoms with E-state index in [0.717, 1.165) is 19.3 Å². The van der Waals surface area contributed by atoms with Crippen LogP contribution in [0.1, 0.15) is 19.3 Å². The molecule has 1 heterocycles. The summed E-state index contributed by atoms with van der Waals surface area (Å²) >= 11 is 5.82.